The molecule has 4 N–H and O–H groups in total. The Balaban J connectivity index is 0. The lowest BCUT2D eigenvalue weighted by atomic mass is 10.6. The molecule has 0 aromatic carbocycles. The van der Waals surface area contributed by atoms with Crippen molar-refractivity contribution in [3.63, 3.8) is 0 Å². The van der Waals surface area contributed by atoms with Gasteiger partial charge in [0.05, 0.1) is 0 Å². The van der Waals surface area contributed by atoms with E-state index in [1.54, 1.807) is 0 Å². The van der Waals surface area contributed by atoms with Crippen LogP contribution in [-0.2, 0) is 4.79 Å². The molecule has 0 aliphatic carbocycles. The Morgan fingerprint density at radius 2 is 2.00 bits per heavy atom. The van der Waals surface area contributed by atoms with Gasteiger partial charge in [-0.1, -0.05) is 13.8 Å². The van der Waals surface area contributed by atoms with Crippen molar-refractivity contribution in [1.29, 1.82) is 5.41 Å². The van der Waals surface area contributed by atoms with E-state index in [1.165, 1.54) is 7.05 Å². The summed E-state index contributed by atoms with van der Waals surface area (Å²) in [7, 11) is 1.44. The van der Waals surface area contributed by atoms with Gasteiger partial charge in [0.2, 0.25) is 0 Å². The molecule has 0 atom stereocenters. The number of hydrogen-bond acceptors (Lipinski definition) is 2. The molecule has 0 saturated carbocycles. The van der Waals surface area contributed by atoms with Crippen LogP contribution in [0.5, 0.6) is 0 Å². The van der Waals surface area contributed by atoms with Crippen molar-refractivity contribution in [1.82, 2.24) is 4.90 Å². The summed E-state index contributed by atoms with van der Waals surface area (Å²) in [5.74, 6) is -1.23. The van der Waals surface area contributed by atoms with Gasteiger partial charge < -0.3 is 15.7 Å². The van der Waals surface area contributed by atoms with Crippen molar-refractivity contribution in [2.75, 3.05) is 13.6 Å². The lowest BCUT2D eigenvalue weighted by Gasteiger charge is -2.12. The molecule has 0 aromatic rings. The molecule has 0 aromatic heterocycles. The molecule has 0 amide bonds. The highest BCUT2D eigenvalue weighted by molar-refractivity contribution is 5.79. The summed E-state index contributed by atoms with van der Waals surface area (Å²) in [6.07, 6.45) is 0. The molecule has 0 rings (SSSR count). The summed E-state index contributed by atoms with van der Waals surface area (Å²) >= 11 is 0. The van der Waals surface area contributed by atoms with Gasteiger partial charge >= 0.3 is 5.97 Å². The number of carbonyl (C=O) groups is 1. The molecule has 5 nitrogen and oxygen atoms in total. The zero-order valence-corrected chi connectivity index (χ0v) is 7.09. The molecule has 11 heavy (non-hydrogen) atoms. The number of rotatable bonds is 2. The molecular weight excluding hydrogens is 146 g/mol. The van der Waals surface area contributed by atoms with Crippen LogP contribution in [-0.4, -0.2) is 35.5 Å². The summed E-state index contributed by atoms with van der Waals surface area (Å²) in [4.78, 5) is 11.0. The molecule has 0 unspecified atom stereocenters. The van der Waals surface area contributed by atoms with Crippen LogP contribution in [0.25, 0.3) is 0 Å². The molecule has 0 aliphatic heterocycles. The molecule has 0 aliphatic rings. The summed E-state index contributed by atoms with van der Waals surface area (Å²) in [6, 6.07) is 0. The maximum Gasteiger partial charge on any atom is 0.323 e. The lowest BCUT2D eigenvalue weighted by molar-refractivity contribution is -0.137. The monoisotopic (exact) mass is 161 g/mol. The third kappa shape index (κ3) is 8.74. The molecule has 5 heteroatoms. The molecule has 0 bridgehead atoms. The molecule has 0 saturated heterocycles. The second kappa shape index (κ2) is 6.85. The van der Waals surface area contributed by atoms with Crippen molar-refractivity contribution in [2.24, 2.45) is 5.73 Å². The second-order valence-electron chi connectivity index (χ2n) is 1.64. The third-order valence-electron chi connectivity index (χ3n) is 0.784. The first kappa shape index (κ1) is 12.4. The Labute approximate surface area is 66.3 Å². The highest BCUT2D eigenvalue weighted by atomic mass is 16.4. The summed E-state index contributed by atoms with van der Waals surface area (Å²) in [5.41, 5.74) is 4.93. The van der Waals surface area contributed by atoms with Gasteiger partial charge in [0.1, 0.15) is 6.54 Å². The molecule has 0 heterocycles. The highest BCUT2D eigenvalue weighted by Crippen LogP contribution is 1.76. The number of carboxylic acid groups (broad SMARTS) is 1. The minimum atomic E-state index is -0.993. The van der Waals surface area contributed by atoms with Crippen molar-refractivity contribution in [3.8, 4) is 0 Å². The van der Waals surface area contributed by atoms with Gasteiger partial charge in [-0.15, -0.1) is 0 Å². The fourth-order valence-electron chi connectivity index (χ4n) is 0.288. The van der Waals surface area contributed by atoms with Gasteiger partial charge in [-0.25, -0.2) is 0 Å². The Kier molecular flexibility index (Phi) is 7.74. The second-order valence-corrected chi connectivity index (χ2v) is 1.64. The minimum absolute atomic E-state index is 0.227. The predicted molar refractivity (Wildman–Crippen MR) is 43.5 cm³/mol. The first-order valence-corrected chi connectivity index (χ1v) is 3.31. The van der Waals surface area contributed by atoms with Crippen LogP contribution in [0.4, 0.5) is 0 Å². The zero-order valence-electron chi connectivity index (χ0n) is 7.09. The zero-order chi connectivity index (χ0) is 9.44. The van der Waals surface area contributed by atoms with Crippen LogP contribution < -0.4 is 5.73 Å². The molecule has 0 spiro atoms. The third-order valence-corrected chi connectivity index (χ3v) is 0.784. The lowest BCUT2D eigenvalue weighted by Crippen LogP contribution is -2.36. The van der Waals surface area contributed by atoms with E-state index in [9.17, 15) is 4.79 Å². The van der Waals surface area contributed by atoms with E-state index in [0.717, 1.165) is 4.90 Å². The van der Waals surface area contributed by atoms with E-state index in [-0.39, 0.29) is 12.5 Å². The van der Waals surface area contributed by atoms with Crippen LogP contribution in [0.1, 0.15) is 13.8 Å². The number of carboxylic acids is 1. The average molecular weight is 161 g/mol. The van der Waals surface area contributed by atoms with E-state index in [4.69, 9.17) is 16.2 Å². The predicted octanol–water partition coefficient (Wildman–Crippen LogP) is -0.0775. The number of hydrogen-bond donors (Lipinski definition) is 3. The summed E-state index contributed by atoms with van der Waals surface area (Å²) in [5, 5.41) is 14.9. The van der Waals surface area contributed by atoms with Crippen LogP contribution in [0.15, 0.2) is 0 Å². The van der Waals surface area contributed by atoms with E-state index in [1.807, 2.05) is 13.8 Å². The number of nitrogens with one attached hydrogen (secondary N) is 1. The number of nitrogens with two attached hydrogens (primary N) is 1. The van der Waals surface area contributed by atoms with E-state index < -0.39 is 5.97 Å². The van der Waals surface area contributed by atoms with E-state index in [2.05, 4.69) is 0 Å². The van der Waals surface area contributed by atoms with Crippen molar-refractivity contribution in [2.45, 2.75) is 13.8 Å². The molecular formula is C6H15N3O2. The Hall–Kier alpha value is -1.26. The first-order chi connectivity index (χ1) is 5.04. The van der Waals surface area contributed by atoms with E-state index in [0.29, 0.717) is 0 Å². The maximum absolute atomic E-state index is 9.92. The highest BCUT2D eigenvalue weighted by Gasteiger charge is 2.03. The van der Waals surface area contributed by atoms with Crippen molar-refractivity contribution >= 4 is 11.9 Å². The number of likely N-dealkylation sites (N-methyl/N-ethyl adjacent to an activating group) is 1. The van der Waals surface area contributed by atoms with Crippen molar-refractivity contribution in [3.05, 3.63) is 0 Å². The molecule has 0 fully saturated rings. The fraction of sp³-hybridized carbons (Fsp3) is 0.667. The smallest absolute Gasteiger partial charge is 0.323 e. The van der Waals surface area contributed by atoms with Gasteiger partial charge in [-0.2, -0.15) is 0 Å². The standard InChI is InChI=1S/C4H9N3O2.C2H6/c1-7(4(5)6)2-3(8)9;1-2/h2H2,1H3,(H3,5,6)(H,8,9);1-2H3. The fourth-order valence-corrected chi connectivity index (χ4v) is 0.288. The number of guanidine groups is 1. The van der Waals surface area contributed by atoms with Crippen LogP contribution in [0.3, 0.4) is 0 Å². The van der Waals surface area contributed by atoms with Crippen LogP contribution in [0, 0.1) is 5.41 Å². The van der Waals surface area contributed by atoms with Gasteiger partial charge in [0.25, 0.3) is 0 Å². The number of aliphatic carboxylic acids is 1. The van der Waals surface area contributed by atoms with Gasteiger partial charge in [0, 0.05) is 7.05 Å². The summed E-state index contributed by atoms with van der Waals surface area (Å²) < 4.78 is 0. The van der Waals surface area contributed by atoms with Gasteiger partial charge in [-0.3, -0.25) is 10.2 Å². The van der Waals surface area contributed by atoms with Gasteiger partial charge in [-0.05, 0) is 0 Å². The maximum atomic E-state index is 9.92. The average Bonchev–Trinajstić information content (AvgIpc) is 1.90. The van der Waals surface area contributed by atoms with Crippen molar-refractivity contribution < 1.29 is 9.90 Å². The first-order valence-electron chi connectivity index (χ1n) is 3.31. The summed E-state index contributed by atoms with van der Waals surface area (Å²) in [6.45, 7) is 3.77. The SMILES string of the molecule is CC.CN(CC(=O)O)C(=N)N. The van der Waals surface area contributed by atoms with Crippen LogP contribution >= 0.6 is 0 Å². The normalized spacial score (nSPS) is 7.55. The number of nitrogens with zero attached hydrogens (tertiary/aromatic N) is 1. The molecule has 66 valence electrons. The Bertz CT molecular complexity index is 136. The Morgan fingerprint density at radius 1 is 1.64 bits per heavy atom. The van der Waals surface area contributed by atoms with E-state index >= 15 is 0 Å². The van der Waals surface area contributed by atoms with Crippen LogP contribution in [0.2, 0.25) is 0 Å². The largest absolute Gasteiger partial charge is 0.480 e. The van der Waals surface area contributed by atoms with Gasteiger partial charge in [0.15, 0.2) is 5.96 Å². The Morgan fingerprint density at radius 3 is 2.09 bits per heavy atom. The molecule has 0 radical (unpaired) electrons. The quantitative estimate of drug-likeness (QED) is 0.390. The minimum Gasteiger partial charge on any atom is -0.480 e. The topological polar surface area (TPSA) is 90.4 Å².